The summed E-state index contributed by atoms with van der Waals surface area (Å²) < 4.78 is 38.8. The number of benzene rings is 1. The van der Waals surface area contributed by atoms with Gasteiger partial charge in [-0.05, 0) is 31.9 Å². The minimum absolute atomic E-state index is 0.0422. The molecule has 138 valence electrons. The van der Waals surface area contributed by atoms with Gasteiger partial charge in [0.1, 0.15) is 21.8 Å². The third-order valence-electron chi connectivity index (χ3n) is 4.78. The summed E-state index contributed by atoms with van der Waals surface area (Å²) in [5, 5.41) is 4.15. The Balaban J connectivity index is 1.60. The number of hydrogen-bond donors (Lipinski definition) is 0. The Labute approximate surface area is 154 Å². The van der Waals surface area contributed by atoms with Crippen molar-refractivity contribution in [2.75, 3.05) is 13.1 Å². The first-order valence-electron chi connectivity index (χ1n) is 8.23. The molecule has 0 amide bonds. The van der Waals surface area contributed by atoms with Crippen molar-refractivity contribution in [3.05, 3.63) is 34.5 Å². The summed E-state index contributed by atoms with van der Waals surface area (Å²) in [6.07, 6.45) is 1.13. The lowest BCUT2D eigenvalue weighted by Crippen LogP contribution is -2.41. The Morgan fingerprint density at radius 3 is 2.58 bits per heavy atom. The molecule has 2 aromatic heterocycles. The molecule has 1 aliphatic rings. The number of aryl methyl sites for hydroxylation is 2. The maximum absolute atomic E-state index is 13.1. The van der Waals surface area contributed by atoms with Gasteiger partial charge in [0.2, 0.25) is 10.0 Å². The van der Waals surface area contributed by atoms with E-state index in [-0.39, 0.29) is 16.6 Å². The van der Waals surface area contributed by atoms with Gasteiger partial charge in [-0.1, -0.05) is 6.07 Å². The van der Waals surface area contributed by atoms with E-state index in [9.17, 15) is 13.2 Å². The number of fused-ring (bicyclic) bond motifs is 1. The summed E-state index contributed by atoms with van der Waals surface area (Å²) in [6.45, 7) is 2.49. The van der Waals surface area contributed by atoms with E-state index >= 15 is 0 Å². The quantitative estimate of drug-likeness (QED) is 0.654. The number of rotatable bonds is 3. The fourth-order valence-corrected chi connectivity index (χ4v) is 5.71. The molecule has 0 unspecified atom stereocenters. The largest absolute Gasteiger partial charge is 0.345 e. The molecule has 3 heterocycles. The van der Waals surface area contributed by atoms with Gasteiger partial charge in [0, 0.05) is 26.2 Å². The van der Waals surface area contributed by atoms with Crippen LogP contribution in [0.25, 0.3) is 11.0 Å². The Bertz CT molecular complexity index is 1120. The minimum Gasteiger partial charge on any atom is -0.276 e. The maximum atomic E-state index is 13.1. The Kier molecular flexibility index (Phi) is 4.16. The zero-order valence-electron chi connectivity index (χ0n) is 14.4. The highest BCUT2D eigenvalue weighted by molar-refractivity contribution is 7.89. The molecule has 9 nitrogen and oxygen atoms in total. The zero-order chi connectivity index (χ0) is 18.5. The molecule has 1 saturated heterocycles. The molecule has 4 rings (SSSR count). The second kappa shape index (κ2) is 6.25. The van der Waals surface area contributed by atoms with Crippen LogP contribution in [0.1, 0.15) is 24.7 Å². The third kappa shape index (κ3) is 2.66. The first-order chi connectivity index (χ1) is 12.4. The standard InChI is InChI=1S/C15H18N6O3S2/c1-10-16-19(2)15(22)21(10)11-6-8-20(9-7-11)26(23,24)13-5-3-4-12-14(13)18-25-17-12/h3-5,11H,6-9H2,1-2H3. The van der Waals surface area contributed by atoms with Crippen molar-refractivity contribution in [3.63, 3.8) is 0 Å². The molecule has 0 bridgehead atoms. The molecule has 0 atom stereocenters. The van der Waals surface area contributed by atoms with E-state index in [0.29, 0.717) is 42.8 Å². The van der Waals surface area contributed by atoms with Gasteiger partial charge in [-0.2, -0.15) is 18.2 Å². The van der Waals surface area contributed by atoms with Gasteiger partial charge in [-0.15, -0.1) is 0 Å². The van der Waals surface area contributed by atoms with Crippen molar-refractivity contribution in [2.45, 2.75) is 30.7 Å². The van der Waals surface area contributed by atoms with Gasteiger partial charge >= 0.3 is 5.69 Å². The van der Waals surface area contributed by atoms with Gasteiger partial charge in [-0.3, -0.25) is 4.57 Å². The van der Waals surface area contributed by atoms with Crippen molar-refractivity contribution in [1.29, 1.82) is 0 Å². The highest BCUT2D eigenvalue weighted by atomic mass is 32.2. The van der Waals surface area contributed by atoms with E-state index in [4.69, 9.17) is 0 Å². The topological polar surface area (TPSA) is 103 Å². The smallest absolute Gasteiger partial charge is 0.276 e. The van der Waals surface area contributed by atoms with Crippen molar-refractivity contribution >= 4 is 32.8 Å². The predicted molar refractivity (Wildman–Crippen MR) is 96.6 cm³/mol. The van der Waals surface area contributed by atoms with E-state index < -0.39 is 10.0 Å². The normalized spacial score (nSPS) is 17.2. The molecule has 11 heteroatoms. The van der Waals surface area contributed by atoms with Crippen LogP contribution in [-0.4, -0.2) is 48.9 Å². The van der Waals surface area contributed by atoms with E-state index in [2.05, 4.69) is 13.8 Å². The molecule has 0 saturated carbocycles. The molecular weight excluding hydrogens is 376 g/mol. The average Bonchev–Trinajstić information content (AvgIpc) is 3.19. The summed E-state index contributed by atoms with van der Waals surface area (Å²) in [4.78, 5) is 12.4. The molecule has 1 aromatic carbocycles. The fourth-order valence-electron chi connectivity index (χ4n) is 3.49. The van der Waals surface area contributed by atoms with Crippen LogP contribution < -0.4 is 5.69 Å². The third-order valence-corrected chi connectivity index (χ3v) is 7.25. The fraction of sp³-hybridized carbons (Fsp3) is 0.467. The monoisotopic (exact) mass is 394 g/mol. The second-order valence-corrected chi connectivity index (χ2v) is 8.78. The molecule has 0 N–H and O–H groups in total. The first-order valence-corrected chi connectivity index (χ1v) is 10.4. The number of nitrogens with zero attached hydrogens (tertiary/aromatic N) is 6. The van der Waals surface area contributed by atoms with Crippen LogP contribution in [0.15, 0.2) is 27.9 Å². The van der Waals surface area contributed by atoms with Crippen LogP contribution in [0.2, 0.25) is 0 Å². The highest BCUT2D eigenvalue weighted by Crippen LogP contribution is 2.29. The Hall–Kier alpha value is -2.11. The van der Waals surface area contributed by atoms with E-state index in [1.54, 1.807) is 36.7 Å². The summed E-state index contributed by atoms with van der Waals surface area (Å²) in [7, 11) is -2.03. The number of hydrogen-bond acceptors (Lipinski definition) is 7. The number of piperidine rings is 1. The van der Waals surface area contributed by atoms with Crippen molar-refractivity contribution < 1.29 is 8.42 Å². The Morgan fingerprint density at radius 1 is 1.19 bits per heavy atom. The lowest BCUT2D eigenvalue weighted by Gasteiger charge is -2.31. The maximum Gasteiger partial charge on any atom is 0.345 e. The SMILES string of the molecule is Cc1nn(C)c(=O)n1C1CCN(S(=O)(=O)c2cccc3nsnc23)CC1. The van der Waals surface area contributed by atoms with Crippen molar-refractivity contribution in [3.8, 4) is 0 Å². The second-order valence-electron chi connectivity index (χ2n) is 6.35. The van der Waals surface area contributed by atoms with Gasteiger partial charge in [0.15, 0.2) is 0 Å². The van der Waals surface area contributed by atoms with Crippen LogP contribution in [0.5, 0.6) is 0 Å². The van der Waals surface area contributed by atoms with Crippen LogP contribution in [0.3, 0.4) is 0 Å². The van der Waals surface area contributed by atoms with E-state index in [1.165, 1.54) is 8.99 Å². The molecule has 1 fully saturated rings. The molecule has 0 aliphatic carbocycles. The lowest BCUT2D eigenvalue weighted by atomic mass is 10.1. The molecule has 3 aromatic rings. The van der Waals surface area contributed by atoms with Crippen LogP contribution in [0, 0.1) is 6.92 Å². The Morgan fingerprint density at radius 2 is 1.92 bits per heavy atom. The summed E-state index contributed by atoms with van der Waals surface area (Å²) >= 11 is 1.00. The highest BCUT2D eigenvalue weighted by Gasteiger charge is 2.33. The van der Waals surface area contributed by atoms with E-state index in [1.807, 2.05) is 0 Å². The lowest BCUT2D eigenvalue weighted by molar-refractivity contribution is 0.267. The number of sulfonamides is 1. The average molecular weight is 394 g/mol. The van der Waals surface area contributed by atoms with Crippen LogP contribution in [-0.2, 0) is 17.1 Å². The molecule has 26 heavy (non-hydrogen) atoms. The molecule has 0 spiro atoms. The minimum atomic E-state index is -3.65. The van der Waals surface area contributed by atoms with Crippen molar-refractivity contribution in [1.82, 2.24) is 27.4 Å². The molecule has 1 aliphatic heterocycles. The number of aromatic nitrogens is 5. The summed E-state index contributed by atoms with van der Waals surface area (Å²) in [5.41, 5.74) is 0.838. The van der Waals surface area contributed by atoms with Crippen LogP contribution >= 0.6 is 11.7 Å². The van der Waals surface area contributed by atoms with E-state index in [0.717, 1.165) is 11.7 Å². The molecule has 0 radical (unpaired) electrons. The zero-order valence-corrected chi connectivity index (χ0v) is 16.0. The first kappa shape index (κ1) is 17.3. The summed E-state index contributed by atoms with van der Waals surface area (Å²) in [5.74, 6) is 0.650. The summed E-state index contributed by atoms with van der Waals surface area (Å²) in [6, 6.07) is 4.96. The van der Waals surface area contributed by atoms with Gasteiger partial charge < -0.3 is 0 Å². The van der Waals surface area contributed by atoms with Crippen LogP contribution in [0.4, 0.5) is 0 Å². The van der Waals surface area contributed by atoms with Gasteiger partial charge in [-0.25, -0.2) is 17.9 Å². The van der Waals surface area contributed by atoms with Crippen molar-refractivity contribution in [2.24, 2.45) is 7.05 Å². The van der Waals surface area contributed by atoms with Gasteiger partial charge in [0.05, 0.1) is 11.7 Å². The predicted octanol–water partition coefficient (Wildman–Crippen LogP) is 0.921. The molecular formula is C15H18N6O3S2. The van der Waals surface area contributed by atoms with Gasteiger partial charge in [0.25, 0.3) is 0 Å².